The van der Waals surface area contributed by atoms with E-state index in [0.29, 0.717) is 12.0 Å². The minimum atomic E-state index is 0.622. The van der Waals surface area contributed by atoms with E-state index in [1.807, 2.05) is 0 Å². The van der Waals surface area contributed by atoms with Gasteiger partial charge in [0.25, 0.3) is 0 Å². The Bertz CT molecular complexity index is 438. The van der Waals surface area contributed by atoms with Crippen molar-refractivity contribution in [1.29, 1.82) is 0 Å². The van der Waals surface area contributed by atoms with Gasteiger partial charge < -0.3 is 19.4 Å². The molecule has 2 atom stereocenters. The van der Waals surface area contributed by atoms with Crippen LogP contribution in [0, 0.1) is 5.92 Å². The summed E-state index contributed by atoms with van der Waals surface area (Å²) < 4.78 is 11.1. The lowest BCUT2D eigenvalue weighted by atomic mass is 10.1. The zero-order valence-electron chi connectivity index (χ0n) is 13.3. The van der Waals surface area contributed by atoms with Crippen LogP contribution in [0.25, 0.3) is 0 Å². The number of rotatable bonds is 7. The van der Waals surface area contributed by atoms with Gasteiger partial charge in [0, 0.05) is 25.6 Å². The van der Waals surface area contributed by atoms with Gasteiger partial charge in [-0.1, -0.05) is 6.92 Å². The number of piperidine rings is 1. The van der Waals surface area contributed by atoms with Gasteiger partial charge in [-0.3, -0.25) is 0 Å². The first-order valence-electron chi connectivity index (χ1n) is 8.29. The van der Waals surface area contributed by atoms with E-state index in [-0.39, 0.29) is 0 Å². The van der Waals surface area contributed by atoms with Gasteiger partial charge in [-0.05, 0) is 50.4 Å². The third kappa shape index (κ3) is 4.09. The summed E-state index contributed by atoms with van der Waals surface area (Å²) in [6, 6.07) is 4.93. The maximum atomic E-state index is 5.95. The third-order valence-electron chi connectivity index (χ3n) is 4.92. The first-order valence-corrected chi connectivity index (χ1v) is 8.29. The summed E-state index contributed by atoms with van der Waals surface area (Å²) in [4.78, 5) is 2.49. The fourth-order valence-electron chi connectivity index (χ4n) is 3.23. The topological polar surface area (TPSA) is 37.6 Å². The van der Waals surface area contributed by atoms with Crippen molar-refractivity contribution < 1.29 is 9.15 Å². The van der Waals surface area contributed by atoms with Crippen molar-refractivity contribution in [3.05, 3.63) is 23.7 Å². The van der Waals surface area contributed by atoms with Crippen molar-refractivity contribution in [3.63, 3.8) is 0 Å². The smallest absolute Gasteiger partial charge is 0.117 e. The summed E-state index contributed by atoms with van der Waals surface area (Å²) >= 11 is 0. The molecule has 0 bridgehead atoms. The van der Waals surface area contributed by atoms with Crippen molar-refractivity contribution in [2.24, 2.45) is 5.92 Å². The molecule has 1 aliphatic heterocycles. The number of likely N-dealkylation sites (tertiary alicyclic amines) is 1. The summed E-state index contributed by atoms with van der Waals surface area (Å²) in [5.41, 5.74) is 0. The zero-order chi connectivity index (χ0) is 14.7. The van der Waals surface area contributed by atoms with Gasteiger partial charge >= 0.3 is 0 Å². The maximum absolute atomic E-state index is 5.95. The predicted molar refractivity (Wildman–Crippen MR) is 83.4 cm³/mol. The number of ether oxygens (including phenoxy) is 1. The number of furan rings is 1. The second kappa shape index (κ2) is 6.95. The summed E-state index contributed by atoms with van der Waals surface area (Å²) in [6.07, 6.45) is 3.73. The van der Waals surface area contributed by atoms with Gasteiger partial charge in [0.1, 0.15) is 11.5 Å². The van der Waals surface area contributed by atoms with Gasteiger partial charge in [0.2, 0.25) is 0 Å². The fraction of sp³-hybridized carbons (Fsp3) is 0.765. The molecule has 1 saturated heterocycles. The van der Waals surface area contributed by atoms with Crippen LogP contribution in [-0.2, 0) is 11.3 Å². The van der Waals surface area contributed by atoms with Crippen molar-refractivity contribution in [3.8, 4) is 0 Å². The van der Waals surface area contributed by atoms with E-state index in [4.69, 9.17) is 9.15 Å². The van der Waals surface area contributed by atoms with Crippen LogP contribution in [0.4, 0.5) is 0 Å². The molecule has 2 fully saturated rings. The lowest BCUT2D eigenvalue weighted by Gasteiger charge is -2.32. The second-order valence-electron chi connectivity index (χ2n) is 6.61. The van der Waals surface area contributed by atoms with Crippen LogP contribution in [0.1, 0.15) is 43.6 Å². The van der Waals surface area contributed by atoms with Crippen LogP contribution in [0.5, 0.6) is 0 Å². The molecular formula is C17H28N2O2. The maximum Gasteiger partial charge on any atom is 0.117 e. The minimum Gasteiger partial charge on any atom is -0.464 e. The molecule has 4 nitrogen and oxygen atoms in total. The van der Waals surface area contributed by atoms with Crippen LogP contribution in [0.2, 0.25) is 0 Å². The number of hydrogen-bond donors (Lipinski definition) is 1. The molecule has 21 heavy (non-hydrogen) atoms. The van der Waals surface area contributed by atoms with E-state index in [1.165, 1.54) is 38.1 Å². The van der Waals surface area contributed by atoms with E-state index in [2.05, 4.69) is 29.3 Å². The minimum absolute atomic E-state index is 0.622. The highest BCUT2D eigenvalue weighted by molar-refractivity contribution is 5.17. The van der Waals surface area contributed by atoms with Gasteiger partial charge in [-0.15, -0.1) is 0 Å². The molecule has 118 valence electrons. The van der Waals surface area contributed by atoms with Crippen LogP contribution >= 0.6 is 0 Å². The molecule has 1 aromatic heterocycles. The monoisotopic (exact) mass is 292 g/mol. The molecule has 1 aliphatic carbocycles. The van der Waals surface area contributed by atoms with Crippen LogP contribution in [-0.4, -0.2) is 44.3 Å². The molecular weight excluding hydrogens is 264 g/mol. The Kier molecular flexibility index (Phi) is 4.99. The quantitative estimate of drug-likeness (QED) is 0.838. The van der Waals surface area contributed by atoms with E-state index >= 15 is 0 Å². The van der Waals surface area contributed by atoms with Crippen molar-refractivity contribution >= 4 is 0 Å². The SMILES string of the molecule is COCCN1CCC(NCc2ccc(C3CC3C)o2)CC1. The second-order valence-corrected chi connectivity index (χ2v) is 6.61. The normalized spacial score (nSPS) is 27.1. The summed E-state index contributed by atoms with van der Waals surface area (Å²) in [7, 11) is 1.77. The molecule has 0 amide bonds. The van der Waals surface area contributed by atoms with Crippen LogP contribution in [0.3, 0.4) is 0 Å². The number of hydrogen-bond acceptors (Lipinski definition) is 4. The lowest BCUT2D eigenvalue weighted by molar-refractivity contribution is 0.125. The molecule has 3 rings (SSSR count). The van der Waals surface area contributed by atoms with E-state index < -0.39 is 0 Å². The first-order chi connectivity index (χ1) is 10.3. The van der Waals surface area contributed by atoms with Gasteiger partial charge in [-0.25, -0.2) is 0 Å². The highest BCUT2D eigenvalue weighted by atomic mass is 16.5. The average Bonchev–Trinajstić information content (AvgIpc) is 3.05. The Hall–Kier alpha value is -0.840. The molecule has 2 unspecified atom stereocenters. The number of nitrogens with one attached hydrogen (secondary N) is 1. The Morgan fingerprint density at radius 1 is 1.33 bits per heavy atom. The molecule has 4 heteroatoms. The molecule has 0 radical (unpaired) electrons. The van der Waals surface area contributed by atoms with Crippen molar-refractivity contribution in [1.82, 2.24) is 10.2 Å². The van der Waals surface area contributed by atoms with Crippen LogP contribution < -0.4 is 5.32 Å². The third-order valence-corrected chi connectivity index (χ3v) is 4.92. The Morgan fingerprint density at radius 2 is 2.10 bits per heavy atom. The highest BCUT2D eigenvalue weighted by Crippen LogP contribution is 2.47. The van der Waals surface area contributed by atoms with Gasteiger partial charge in [0.05, 0.1) is 13.2 Å². The van der Waals surface area contributed by atoms with E-state index in [1.54, 1.807) is 7.11 Å². The molecule has 1 saturated carbocycles. The first kappa shape index (κ1) is 15.1. The molecule has 1 N–H and O–H groups in total. The zero-order valence-corrected chi connectivity index (χ0v) is 13.3. The highest BCUT2D eigenvalue weighted by Gasteiger charge is 2.36. The Morgan fingerprint density at radius 3 is 2.76 bits per heavy atom. The van der Waals surface area contributed by atoms with E-state index in [0.717, 1.165) is 31.4 Å². The predicted octanol–water partition coefficient (Wildman–Crippen LogP) is 2.60. The average molecular weight is 292 g/mol. The molecule has 1 aromatic rings. The largest absolute Gasteiger partial charge is 0.464 e. The van der Waals surface area contributed by atoms with E-state index in [9.17, 15) is 0 Å². The number of nitrogens with zero attached hydrogens (tertiary/aromatic N) is 1. The summed E-state index contributed by atoms with van der Waals surface area (Å²) in [5.74, 6) is 3.77. The molecule has 0 aromatic carbocycles. The van der Waals surface area contributed by atoms with Gasteiger partial charge in [0.15, 0.2) is 0 Å². The Balaban J connectivity index is 1.37. The van der Waals surface area contributed by atoms with Crippen molar-refractivity contribution in [2.45, 2.75) is 44.7 Å². The Labute approximate surface area is 127 Å². The van der Waals surface area contributed by atoms with Crippen LogP contribution in [0.15, 0.2) is 16.5 Å². The van der Waals surface area contributed by atoms with Crippen molar-refractivity contribution in [2.75, 3.05) is 33.4 Å². The standard InChI is InChI=1S/C17H28N2O2/c1-13-11-16(13)17-4-3-15(21-17)12-18-14-5-7-19(8-6-14)9-10-20-2/h3-4,13-14,16,18H,5-12H2,1-2H3. The summed E-state index contributed by atoms with van der Waals surface area (Å²) in [6.45, 7) is 7.40. The molecule has 0 spiro atoms. The number of methoxy groups -OCH3 is 1. The molecule has 2 aliphatic rings. The summed E-state index contributed by atoms with van der Waals surface area (Å²) in [5, 5.41) is 3.65. The molecule has 2 heterocycles. The van der Waals surface area contributed by atoms with Gasteiger partial charge in [-0.2, -0.15) is 0 Å². The lowest BCUT2D eigenvalue weighted by Crippen LogP contribution is -2.43. The fourth-order valence-corrected chi connectivity index (χ4v) is 3.23.